The maximum Gasteiger partial charge on any atom is 0.225 e. The van der Waals surface area contributed by atoms with Gasteiger partial charge in [0, 0.05) is 31.6 Å². The molecule has 27 heavy (non-hydrogen) atoms. The number of hydrogen-bond donors (Lipinski definition) is 0. The maximum atomic E-state index is 12.9. The van der Waals surface area contributed by atoms with Gasteiger partial charge in [-0.3, -0.25) is 9.59 Å². The third-order valence-electron chi connectivity index (χ3n) is 4.84. The molecule has 1 aliphatic heterocycles. The second kappa shape index (κ2) is 8.44. The van der Waals surface area contributed by atoms with Crippen molar-refractivity contribution in [2.75, 3.05) is 13.3 Å². The van der Waals surface area contributed by atoms with E-state index in [9.17, 15) is 9.59 Å². The molecule has 2 aromatic rings. The van der Waals surface area contributed by atoms with Gasteiger partial charge in [-0.15, -0.1) is 11.8 Å². The standard InChI is InChI=1S/C22H24N2O2S/c1-16(25)24-13-12-18-6-4-5-7-20(18)21(24)14-22(26)23(2)15-17-8-10-19(27-3)11-9-17/h4-13,21H,14-15H2,1-3H3/t21-/m1/s1. The van der Waals surface area contributed by atoms with Gasteiger partial charge in [0.15, 0.2) is 0 Å². The van der Waals surface area contributed by atoms with E-state index >= 15 is 0 Å². The zero-order valence-electron chi connectivity index (χ0n) is 15.9. The fourth-order valence-corrected chi connectivity index (χ4v) is 3.74. The van der Waals surface area contributed by atoms with Crippen LogP contribution in [0.4, 0.5) is 0 Å². The molecule has 0 radical (unpaired) electrons. The van der Waals surface area contributed by atoms with Gasteiger partial charge < -0.3 is 9.80 Å². The number of carbonyl (C=O) groups is 2. The highest BCUT2D eigenvalue weighted by Gasteiger charge is 2.29. The summed E-state index contributed by atoms with van der Waals surface area (Å²) < 4.78 is 0. The number of benzene rings is 2. The minimum Gasteiger partial charge on any atom is -0.341 e. The first-order valence-electron chi connectivity index (χ1n) is 8.92. The van der Waals surface area contributed by atoms with Crippen LogP contribution in [0.3, 0.4) is 0 Å². The third-order valence-corrected chi connectivity index (χ3v) is 5.59. The lowest BCUT2D eigenvalue weighted by molar-refractivity contribution is -0.134. The molecule has 4 nitrogen and oxygen atoms in total. The Bertz CT molecular complexity index is 861. The second-order valence-corrected chi connectivity index (χ2v) is 7.57. The highest BCUT2D eigenvalue weighted by Crippen LogP contribution is 2.33. The van der Waals surface area contributed by atoms with Gasteiger partial charge >= 0.3 is 0 Å². The molecule has 2 amide bonds. The summed E-state index contributed by atoms with van der Waals surface area (Å²) in [7, 11) is 1.81. The van der Waals surface area contributed by atoms with E-state index < -0.39 is 0 Å². The summed E-state index contributed by atoms with van der Waals surface area (Å²) in [4.78, 5) is 29.5. The molecule has 5 heteroatoms. The predicted molar refractivity (Wildman–Crippen MR) is 110 cm³/mol. The van der Waals surface area contributed by atoms with Crippen LogP contribution in [0.15, 0.2) is 59.6 Å². The van der Waals surface area contributed by atoms with Gasteiger partial charge in [0.05, 0.1) is 12.5 Å². The maximum absolute atomic E-state index is 12.9. The first-order chi connectivity index (χ1) is 13.0. The quantitative estimate of drug-likeness (QED) is 0.725. The van der Waals surface area contributed by atoms with Crippen LogP contribution < -0.4 is 0 Å². The van der Waals surface area contributed by atoms with E-state index in [0.717, 1.165) is 16.7 Å². The van der Waals surface area contributed by atoms with E-state index in [1.165, 1.54) is 11.8 Å². The number of nitrogens with zero attached hydrogens (tertiary/aromatic N) is 2. The summed E-state index contributed by atoms with van der Waals surface area (Å²) in [6.45, 7) is 2.09. The van der Waals surface area contributed by atoms with Crippen molar-refractivity contribution in [1.82, 2.24) is 9.80 Å². The first kappa shape index (κ1) is 19.2. The van der Waals surface area contributed by atoms with Crippen LogP contribution in [0, 0.1) is 0 Å². The largest absolute Gasteiger partial charge is 0.341 e. The van der Waals surface area contributed by atoms with Gasteiger partial charge in [0.2, 0.25) is 11.8 Å². The van der Waals surface area contributed by atoms with E-state index in [1.54, 1.807) is 27.8 Å². The number of rotatable bonds is 5. The van der Waals surface area contributed by atoms with Gasteiger partial charge in [-0.1, -0.05) is 36.4 Å². The average molecular weight is 381 g/mol. The molecule has 0 aromatic heterocycles. The molecule has 0 spiro atoms. The van der Waals surface area contributed by atoms with Crippen molar-refractivity contribution in [2.24, 2.45) is 0 Å². The molecular weight excluding hydrogens is 356 g/mol. The van der Waals surface area contributed by atoms with Gasteiger partial charge in [0.25, 0.3) is 0 Å². The molecular formula is C22H24N2O2S. The molecule has 3 rings (SSSR count). The lowest BCUT2D eigenvalue weighted by atomic mass is 9.93. The minimum atomic E-state index is -0.266. The van der Waals surface area contributed by atoms with E-state index in [-0.39, 0.29) is 24.3 Å². The van der Waals surface area contributed by atoms with E-state index in [1.807, 2.05) is 43.6 Å². The molecule has 0 N–H and O–H groups in total. The van der Waals surface area contributed by atoms with Gasteiger partial charge in [-0.2, -0.15) is 0 Å². The van der Waals surface area contributed by atoms with Crippen molar-refractivity contribution in [3.63, 3.8) is 0 Å². The summed E-state index contributed by atoms with van der Waals surface area (Å²) in [5.41, 5.74) is 3.17. The highest BCUT2D eigenvalue weighted by molar-refractivity contribution is 7.98. The highest BCUT2D eigenvalue weighted by atomic mass is 32.2. The molecule has 140 valence electrons. The van der Waals surface area contributed by atoms with Gasteiger partial charge in [0.1, 0.15) is 0 Å². The Balaban J connectivity index is 1.74. The molecule has 0 saturated carbocycles. The molecule has 0 unspecified atom stereocenters. The molecule has 0 aliphatic carbocycles. The van der Waals surface area contributed by atoms with Crippen LogP contribution >= 0.6 is 11.8 Å². The molecule has 2 aromatic carbocycles. The Labute approximate surface area is 164 Å². The molecule has 0 fully saturated rings. The van der Waals surface area contributed by atoms with Crippen molar-refractivity contribution in [3.8, 4) is 0 Å². The zero-order chi connectivity index (χ0) is 19.4. The lowest BCUT2D eigenvalue weighted by Crippen LogP contribution is -2.35. The summed E-state index contributed by atoms with van der Waals surface area (Å²) in [5.74, 6) is -0.0424. The van der Waals surface area contributed by atoms with Crippen LogP contribution in [0.2, 0.25) is 0 Å². The summed E-state index contributed by atoms with van der Waals surface area (Å²) >= 11 is 1.70. The normalized spacial score (nSPS) is 15.4. The smallest absolute Gasteiger partial charge is 0.225 e. The Morgan fingerprint density at radius 3 is 2.48 bits per heavy atom. The monoisotopic (exact) mass is 380 g/mol. The van der Waals surface area contributed by atoms with E-state index in [0.29, 0.717) is 6.54 Å². The van der Waals surface area contributed by atoms with Crippen LogP contribution in [0.25, 0.3) is 6.08 Å². The molecule has 1 heterocycles. The Kier molecular flexibility index (Phi) is 6.01. The summed E-state index contributed by atoms with van der Waals surface area (Å²) in [6.07, 6.45) is 6.01. The van der Waals surface area contributed by atoms with E-state index in [4.69, 9.17) is 0 Å². The molecule has 0 bridgehead atoms. The summed E-state index contributed by atoms with van der Waals surface area (Å²) in [5, 5.41) is 0. The minimum absolute atomic E-state index is 0.0188. The van der Waals surface area contributed by atoms with Crippen LogP contribution in [-0.4, -0.2) is 34.9 Å². The summed E-state index contributed by atoms with van der Waals surface area (Å²) in [6, 6.07) is 15.9. The molecule has 0 saturated heterocycles. The Morgan fingerprint density at radius 2 is 1.81 bits per heavy atom. The zero-order valence-corrected chi connectivity index (χ0v) is 16.7. The second-order valence-electron chi connectivity index (χ2n) is 6.69. The lowest BCUT2D eigenvalue weighted by Gasteiger charge is -2.33. The SMILES string of the molecule is CSc1ccc(CN(C)C(=O)C[C@@H]2c3ccccc3C=CN2C(C)=O)cc1. The van der Waals surface area contributed by atoms with Crippen LogP contribution in [0.1, 0.15) is 36.1 Å². The van der Waals surface area contributed by atoms with Crippen LogP contribution in [0.5, 0.6) is 0 Å². The number of amides is 2. The Morgan fingerprint density at radius 1 is 1.11 bits per heavy atom. The van der Waals surface area contributed by atoms with Gasteiger partial charge in [-0.25, -0.2) is 0 Å². The number of thioether (sulfide) groups is 1. The first-order valence-corrected chi connectivity index (χ1v) is 10.1. The third kappa shape index (κ3) is 4.42. The van der Waals surface area contributed by atoms with Crippen molar-refractivity contribution in [1.29, 1.82) is 0 Å². The average Bonchev–Trinajstić information content (AvgIpc) is 2.68. The van der Waals surface area contributed by atoms with Crippen molar-refractivity contribution in [3.05, 3.63) is 71.4 Å². The molecule has 1 atom stereocenters. The Hall–Kier alpha value is -2.53. The van der Waals surface area contributed by atoms with Crippen molar-refractivity contribution < 1.29 is 9.59 Å². The number of hydrogen-bond acceptors (Lipinski definition) is 3. The predicted octanol–water partition coefficient (Wildman–Crippen LogP) is 4.33. The van der Waals surface area contributed by atoms with Crippen LogP contribution in [-0.2, 0) is 16.1 Å². The topological polar surface area (TPSA) is 40.6 Å². The molecule has 1 aliphatic rings. The number of carbonyl (C=O) groups excluding carboxylic acids is 2. The van der Waals surface area contributed by atoms with Crippen molar-refractivity contribution >= 4 is 29.7 Å². The van der Waals surface area contributed by atoms with Gasteiger partial charge in [-0.05, 0) is 41.2 Å². The van der Waals surface area contributed by atoms with E-state index in [2.05, 4.69) is 24.3 Å². The van der Waals surface area contributed by atoms with Crippen molar-refractivity contribution in [2.45, 2.75) is 30.8 Å². The fraction of sp³-hybridized carbons (Fsp3) is 0.273. The fourth-order valence-electron chi connectivity index (χ4n) is 3.33. The number of fused-ring (bicyclic) bond motifs is 1.